The van der Waals surface area contributed by atoms with E-state index in [2.05, 4.69) is 182 Å². The van der Waals surface area contributed by atoms with E-state index in [4.69, 9.17) is 14.4 Å². The number of hydrogen-bond acceptors (Lipinski definition) is 3. The van der Waals surface area contributed by atoms with E-state index in [0.29, 0.717) is 5.82 Å². The molecule has 0 fully saturated rings. The van der Waals surface area contributed by atoms with E-state index in [1.165, 1.54) is 27.6 Å². The van der Waals surface area contributed by atoms with Crippen molar-refractivity contribution in [3.63, 3.8) is 0 Å². The highest BCUT2D eigenvalue weighted by Gasteiger charge is 2.17. The minimum atomic E-state index is 0.713. The Morgan fingerprint density at radius 3 is 1.37 bits per heavy atom. The zero-order valence-electron chi connectivity index (χ0n) is 32.1. The van der Waals surface area contributed by atoms with Crippen LogP contribution in [0.5, 0.6) is 0 Å². The summed E-state index contributed by atoms with van der Waals surface area (Å²) in [7, 11) is 0. The first kappa shape index (κ1) is 34.4. The van der Waals surface area contributed by atoms with Gasteiger partial charge in [0.25, 0.3) is 0 Å². The fraction of sp³-hybridized carbons (Fsp3) is 0. The highest BCUT2D eigenvalue weighted by Crippen LogP contribution is 2.42. The third-order valence-corrected chi connectivity index (χ3v) is 11.3. The van der Waals surface area contributed by atoms with Crippen LogP contribution in [0.25, 0.3) is 111 Å². The molecule has 0 atom stereocenters. The topological polar surface area (TPSA) is 38.9 Å². The molecule has 0 saturated heterocycles. The molecule has 0 bridgehead atoms. The molecule has 0 N–H and O–H groups in total. The van der Waals surface area contributed by atoms with Crippen LogP contribution >= 0.6 is 0 Å². The van der Waals surface area contributed by atoms with Gasteiger partial charge in [0.05, 0.1) is 11.4 Å². The Kier molecular flexibility index (Phi) is 8.49. The first-order valence-electron chi connectivity index (χ1n) is 20.0. The van der Waals surface area contributed by atoms with Gasteiger partial charge in [-0.25, -0.2) is 9.97 Å². The summed E-state index contributed by atoms with van der Waals surface area (Å²) in [6.45, 7) is 0. The standard InChI is InChI=1S/C56H36N2O/c1-4-14-39(15-5-1)45-20-10-11-21-46(45)44-32-33-54-50(34-44)51-35-49(47-22-12-13-23-48(47)55(51)59-54)40-28-24-37(25-29-40)38-26-30-42(31-27-38)53-36-52(41-16-6-2-7-17-41)57-56(58-53)43-18-8-3-9-19-43/h1-36H. The first-order chi connectivity index (χ1) is 29.2. The maximum absolute atomic E-state index is 6.63. The summed E-state index contributed by atoms with van der Waals surface area (Å²) in [5.74, 6) is 0.713. The van der Waals surface area contributed by atoms with Gasteiger partial charge in [-0.1, -0.05) is 194 Å². The molecule has 0 unspecified atom stereocenters. The molecule has 3 heteroatoms. The molecular weight excluding hydrogens is 717 g/mol. The van der Waals surface area contributed by atoms with Crippen molar-refractivity contribution < 1.29 is 4.42 Å². The average molecular weight is 753 g/mol. The molecule has 59 heavy (non-hydrogen) atoms. The van der Waals surface area contributed by atoms with E-state index >= 15 is 0 Å². The second kappa shape index (κ2) is 14.6. The average Bonchev–Trinajstić information content (AvgIpc) is 3.70. The summed E-state index contributed by atoms with van der Waals surface area (Å²) in [5.41, 5.74) is 16.1. The predicted molar refractivity (Wildman–Crippen MR) is 245 cm³/mol. The van der Waals surface area contributed by atoms with Crippen LogP contribution < -0.4 is 0 Å². The largest absolute Gasteiger partial charge is 0.455 e. The SMILES string of the molecule is c1ccc(-c2cc(-c3ccc(-c4ccc(-c5cc6c7cc(-c8ccccc8-c8ccccc8)ccc7oc6c6ccccc56)cc4)cc3)nc(-c3ccccc3)n2)cc1. The van der Waals surface area contributed by atoms with Gasteiger partial charge in [-0.15, -0.1) is 0 Å². The number of nitrogens with zero attached hydrogens (tertiary/aromatic N) is 2. The predicted octanol–water partition coefficient (Wildman–Crippen LogP) is 15.2. The van der Waals surface area contributed by atoms with E-state index in [9.17, 15) is 0 Å². The number of rotatable bonds is 7. The van der Waals surface area contributed by atoms with Crippen LogP contribution in [-0.4, -0.2) is 9.97 Å². The van der Waals surface area contributed by atoms with Gasteiger partial charge in [0.1, 0.15) is 11.2 Å². The fourth-order valence-corrected chi connectivity index (χ4v) is 8.35. The lowest BCUT2D eigenvalue weighted by atomic mass is 9.92. The van der Waals surface area contributed by atoms with Crippen LogP contribution in [-0.2, 0) is 0 Å². The van der Waals surface area contributed by atoms with Gasteiger partial charge in [-0.05, 0) is 74.2 Å². The fourth-order valence-electron chi connectivity index (χ4n) is 8.35. The minimum Gasteiger partial charge on any atom is -0.455 e. The Bertz CT molecular complexity index is 3220. The lowest BCUT2D eigenvalue weighted by molar-refractivity contribution is 0.673. The molecule has 276 valence electrons. The van der Waals surface area contributed by atoms with Gasteiger partial charge < -0.3 is 4.42 Å². The molecular formula is C56H36N2O. The van der Waals surface area contributed by atoms with E-state index in [1.54, 1.807) is 0 Å². The molecule has 0 aliphatic rings. The van der Waals surface area contributed by atoms with Crippen LogP contribution in [0.2, 0.25) is 0 Å². The number of fused-ring (bicyclic) bond motifs is 5. The van der Waals surface area contributed by atoms with Gasteiger partial charge in [-0.3, -0.25) is 0 Å². The molecule has 2 heterocycles. The summed E-state index contributed by atoms with van der Waals surface area (Å²) in [5, 5.41) is 4.50. The van der Waals surface area contributed by atoms with Crippen LogP contribution in [0.3, 0.4) is 0 Å². The maximum Gasteiger partial charge on any atom is 0.160 e. The lowest BCUT2D eigenvalue weighted by Crippen LogP contribution is -1.95. The van der Waals surface area contributed by atoms with Gasteiger partial charge in [0.2, 0.25) is 0 Å². The monoisotopic (exact) mass is 752 g/mol. The first-order valence-corrected chi connectivity index (χ1v) is 20.0. The van der Waals surface area contributed by atoms with E-state index in [-0.39, 0.29) is 0 Å². The molecule has 3 nitrogen and oxygen atoms in total. The van der Waals surface area contributed by atoms with Crippen molar-refractivity contribution in [3.8, 4) is 78.4 Å². The highest BCUT2D eigenvalue weighted by atomic mass is 16.3. The number of hydrogen-bond donors (Lipinski definition) is 0. The van der Waals surface area contributed by atoms with Crippen molar-refractivity contribution in [1.29, 1.82) is 0 Å². The molecule has 0 aliphatic carbocycles. The summed E-state index contributed by atoms with van der Waals surface area (Å²) in [4.78, 5) is 9.99. The van der Waals surface area contributed by atoms with Crippen molar-refractivity contribution in [1.82, 2.24) is 9.97 Å². The van der Waals surface area contributed by atoms with Gasteiger partial charge in [0.15, 0.2) is 5.82 Å². The number of aromatic nitrogens is 2. The van der Waals surface area contributed by atoms with E-state index < -0.39 is 0 Å². The van der Waals surface area contributed by atoms with Crippen LogP contribution in [0, 0.1) is 0 Å². The van der Waals surface area contributed by atoms with Crippen molar-refractivity contribution in [2.45, 2.75) is 0 Å². The second-order valence-electron chi connectivity index (χ2n) is 14.9. The van der Waals surface area contributed by atoms with E-state index in [0.717, 1.165) is 77.7 Å². The molecule has 9 aromatic carbocycles. The molecule has 0 spiro atoms. The zero-order valence-corrected chi connectivity index (χ0v) is 32.1. The Morgan fingerprint density at radius 2 is 0.729 bits per heavy atom. The van der Waals surface area contributed by atoms with Crippen molar-refractivity contribution >= 4 is 32.7 Å². The third kappa shape index (κ3) is 6.36. The summed E-state index contributed by atoms with van der Waals surface area (Å²) in [6.07, 6.45) is 0. The van der Waals surface area contributed by atoms with Crippen molar-refractivity contribution in [3.05, 3.63) is 218 Å². The second-order valence-corrected chi connectivity index (χ2v) is 14.9. The Morgan fingerprint density at radius 1 is 0.271 bits per heavy atom. The number of benzene rings is 9. The molecule has 11 rings (SSSR count). The molecule has 0 radical (unpaired) electrons. The summed E-state index contributed by atoms with van der Waals surface area (Å²) < 4.78 is 6.63. The normalized spacial score (nSPS) is 11.4. The molecule has 2 aromatic heterocycles. The molecule has 0 amide bonds. The van der Waals surface area contributed by atoms with Gasteiger partial charge in [0, 0.05) is 32.8 Å². The summed E-state index contributed by atoms with van der Waals surface area (Å²) in [6, 6.07) is 76.9. The molecule has 0 saturated carbocycles. The smallest absolute Gasteiger partial charge is 0.160 e. The highest BCUT2D eigenvalue weighted by molar-refractivity contribution is 6.19. The summed E-state index contributed by atoms with van der Waals surface area (Å²) >= 11 is 0. The number of furan rings is 1. The van der Waals surface area contributed by atoms with Gasteiger partial charge in [-0.2, -0.15) is 0 Å². The Hall–Kier alpha value is -7.88. The Balaban J connectivity index is 0.951. The van der Waals surface area contributed by atoms with Crippen LogP contribution in [0.15, 0.2) is 223 Å². The van der Waals surface area contributed by atoms with Crippen molar-refractivity contribution in [2.75, 3.05) is 0 Å². The molecule has 0 aliphatic heterocycles. The Labute approximate surface area is 342 Å². The third-order valence-electron chi connectivity index (χ3n) is 11.3. The quantitative estimate of drug-likeness (QED) is 0.163. The maximum atomic E-state index is 6.63. The van der Waals surface area contributed by atoms with Crippen molar-refractivity contribution in [2.24, 2.45) is 0 Å². The lowest BCUT2D eigenvalue weighted by Gasteiger charge is -2.11. The van der Waals surface area contributed by atoms with Crippen LogP contribution in [0.1, 0.15) is 0 Å². The van der Waals surface area contributed by atoms with E-state index in [1.807, 2.05) is 36.4 Å². The zero-order chi connectivity index (χ0) is 39.1. The molecule has 11 aromatic rings. The van der Waals surface area contributed by atoms with Crippen LogP contribution in [0.4, 0.5) is 0 Å². The van der Waals surface area contributed by atoms with Gasteiger partial charge >= 0.3 is 0 Å². The minimum absolute atomic E-state index is 0.713.